The number of rotatable bonds is 2. The minimum Gasteiger partial charge on any atom is -0.349 e. The van der Waals surface area contributed by atoms with Crippen molar-refractivity contribution in [3.05, 3.63) is 94.8 Å². The summed E-state index contributed by atoms with van der Waals surface area (Å²) in [6, 6.07) is 22.7. The lowest BCUT2D eigenvalue weighted by Gasteiger charge is -2.34. The smallest absolute Gasteiger partial charge is 0.204 e. The molecule has 1 aromatic heterocycles. The van der Waals surface area contributed by atoms with Crippen molar-refractivity contribution in [2.75, 3.05) is 5.32 Å². The molecule has 0 fully saturated rings. The highest BCUT2D eigenvalue weighted by atomic mass is 35.5. The molecular weight excluding hydrogens is 361 g/mol. The van der Waals surface area contributed by atoms with Crippen LogP contribution in [0.5, 0.6) is 0 Å². The largest absolute Gasteiger partial charge is 0.349 e. The van der Waals surface area contributed by atoms with E-state index in [1.807, 2.05) is 42.5 Å². The van der Waals surface area contributed by atoms with E-state index in [0.717, 1.165) is 22.5 Å². The zero-order valence-corrected chi connectivity index (χ0v) is 15.2. The monoisotopic (exact) mass is 377 g/mol. The lowest BCUT2D eigenvalue weighted by atomic mass is 9.92. The van der Waals surface area contributed by atoms with Crippen molar-refractivity contribution in [1.29, 1.82) is 0 Å². The number of fused-ring (bicyclic) bond motifs is 3. The second-order valence-electron chi connectivity index (χ2n) is 6.79. The van der Waals surface area contributed by atoms with Gasteiger partial charge in [-0.25, -0.2) is 9.37 Å². The summed E-state index contributed by atoms with van der Waals surface area (Å²) in [4.78, 5) is 4.75. The molecule has 0 aliphatic carbocycles. The Hall–Kier alpha value is -2.85. The molecule has 5 rings (SSSR count). The summed E-state index contributed by atoms with van der Waals surface area (Å²) >= 11 is 6.45. The number of halogens is 2. The summed E-state index contributed by atoms with van der Waals surface area (Å²) in [7, 11) is 0. The summed E-state index contributed by atoms with van der Waals surface area (Å²) < 4.78 is 16.9. The third-order valence-corrected chi connectivity index (χ3v) is 5.53. The van der Waals surface area contributed by atoms with Crippen molar-refractivity contribution in [2.24, 2.45) is 0 Å². The highest BCUT2D eigenvalue weighted by Gasteiger charge is 2.33. The number of imidazole rings is 1. The van der Waals surface area contributed by atoms with E-state index < -0.39 is 0 Å². The first kappa shape index (κ1) is 16.3. The van der Waals surface area contributed by atoms with Crippen LogP contribution < -0.4 is 5.32 Å². The summed E-state index contributed by atoms with van der Waals surface area (Å²) in [5.74, 6) is 0.450. The van der Waals surface area contributed by atoms with Crippen LogP contribution in [0.3, 0.4) is 0 Å². The molecule has 0 amide bonds. The molecule has 0 unspecified atom stereocenters. The number of para-hydroxylation sites is 2. The molecule has 2 heterocycles. The Morgan fingerprint density at radius 2 is 1.74 bits per heavy atom. The third-order valence-electron chi connectivity index (χ3n) is 5.20. The zero-order chi connectivity index (χ0) is 18.4. The van der Waals surface area contributed by atoms with Crippen molar-refractivity contribution in [3.8, 4) is 0 Å². The van der Waals surface area contributed by atoms with E-state index in [9.17, 15) is 4.39 Å². The highest BCUT2D eigenvalue weighted by Crippen LogP contribution is 2.43. The first-order chi connectivity index (χ1) is 13.2. The molecule has 4 aromatic rings. The van der Waals surface area contributed by atoms with Gasteiger partial charge in [-0.15, -0.1) is 0 Å². The second-order valence-corrected chi connectivity index (χ2v) is 7.20. The number of hydrogen-bond donors (Lipinski definition) is 1. The predicted molar refractivity (Wildman–Crippen MR) is 107 cm³/mol. The average Bonchev–Trinajstić information content (AvgIpc) is 3.07. The van der Waals surface area contributed by atoms with Crippen LogP contribution in [-0.2, 0) is 0 Å². The molecule has 0 saturated heterocycles. The average molecular weight is 378 g/mol. The lowest BCUT2D eigenvalue weighted by Crippen LogP contribution is -2.28. The van der Waals surface area contributed by atoms with Gasteiger partial charge in [0.2, 0.25) is 5.95 Å². The molecule has 0 saturated carbocycles. The Balaban J connectivity index is 1.73. The van der Waals surface area contributed by atoms with E-state index in [4.69, 9.17) is 16.6 Å². The number of benzene rings is 3. The lowest BCUT2D eigenvalue weighted by molar-refractivity contribution is 0.457. The second kappa shape index (κ2) is 6.39. The Kier molecular flexibility index (Phi) is 3.87. The number of hydrogen-bond acceptors (Lipinski definition) is 2. The molecular formula is C22H17ClFN3. The van der Waals surface area contributed by atoms with Crippen LogP contribution >= 0.6 is 11.6 Å². The molecule has 0 spiro atoms. The number of anilines is 1. The molecule has 5 heteroatoms. The molecule has 1 aliphatic heterocycles. The van der Waals surface area contributed by atoms with Crippen molar-refractivity contribution in [3.63, 3.8) is 0 Å². The highest BCUT2D eigenvalue weighted by molar-refractivity contribution is 6.31. The van der Waals surface area contributed by atoms with Crippen LogP contribution in [-0.4, -0.2) is 9.55 Å². The fraction of sp³-hybridized carbons (Fsp3) is 0.136. The number of aromatic nitrogens is 2. The Labute approximate surface area is 161 Å². The Morgan fingerprint density at radius 1 is 0.963 bits per heavy atom. The maximum atomic E-state index is 14.8. The Bertz CT molecular complexity index is 1100. The molecule has 0 bridgehead atoms. The van der Waals surface area contributed by atoms with Gasteiger partial charge in [-0.1, -0.05) is 60.1 Å². The third kappa shape index (κ3) is 2.68. The fourth-order valence-corrected chi connectivity index (χ4v) is 4.27. The fourth-order valence-electron chi connectivity index (χ4n) is 3.99. The van der Waals surface area contributed by atoms with Gasteiger partial charge >= 0.3 is 0 Å². The van der Waals surface area contributed by atoms with Crippen LogP contribution in [0.25, 0.3) is 11.0 Å². The zero-order valence-electron chi connectivity index (χ0n) is 14.4. The quantitative estimate of drug-likeness (QED) is 0.466. The van der Waals surface area contributed by atoms with E-state index in [2.05, 4.69) is 22.0 Å². The van der Waals surface area contributed by atoms with E-state index in [1.165, 1.54) is 6.07 Å². The van der Waals surface area contributed by atoms with E-state index in [-0.39, 0.29) is 17.9 Å². The van der Waals surface area contributed by atoms with Gasteiger partial charge in [0.25, 0.3) is 0 Å². The summed E-state index contributed by atoms with van der Waals surface area (Å²) in [5, 5.41) is 3.97. The van der Waals surface area contributed by atoms with Gasteiger partial charge in [0.05, 0.1) is 23.1 Å². The van der Waals surface area contributed by atoms with Gasteiger partial charge in [0.1, 0.15) is 5.82 Å². The Morgan fingerprint density at radius 3 is 2.56 bits per heavy atom. The maximum Gasteiger partial charge on any atom is 0.204 e. The minimum atomic E-state index is -0.287. The summed E-state index contributed by atoms with van der Waals surface area (Å²) in [5.41, 5.74) is 3.52. The number of nitrogens with zero attached hydrogens (tertiary/aromatic N) is 2. The van der Waals surface area contributed by atoms with Crippen LogP contribution in [0.2, 0.25) is 5.02 Å². The first-order valence-electron chi connectivity index (χ1n) is 8.95. The van der Waals surface area contributed by atoms with Gasteiger partial charge in [-0.2, -0.15) is 0 Å². The molecule has 27 heavy (non-hydrogen) atoms. The first-order valence-corrected chi connectivity index (χ1v) is 9.32. The van der Waals surface area contributed by atoms with Crippen LogP contribution in [0, 0.1) is 5.82 Å². The van der Waals surface area contributed by atoms with Crippen LogP contribution in [0.15, 0.2) is 72.8 Å². The van der Waals surface area contributed by atoms with E-state index in [0.29, 0.717) is 17.0 Å². The molecule has 134 valence electrons. The standard InChI is InChI=1S/C22H17ClFN3/c23-15-9-6-10-16(24)21(15)20-13-18(14-7-2-1-3-8-14)26-22-25-17-11-4-5-12-19(17)27(20)22/h1-12,18,20H,13H2,(H,25,26)/t18-,20-/m0/s1. The molecule has 0 radical (unpaired) electrons. The number of nitrogens with one attached hydrogen (secondary N) is 1. The van der Waals surface area contributed by atoms with Crippen molar-refractivity contribution < 1.29 is 4.39 Å². The molecule has 3 nitrogen and oxygen atoms in total. The van der Waals surface area contributed by atoms with Gasteiger partial charge in [0, 0.05) is 10.6 Å². The van der Waals surface area contributed by atoms with Crippen LogP contribution in [0.4, 0.5) is 10.3 Å². The normalized spacial score (nSPS) is 18.9. The molecule has 1 N–H and O–H groups in total. The van der Waals surface area contributed by atoms with Crippen LogP contribution in [0.1, 0.15) is 29.6 Å². The van der Waals surface area contributed by atoms with Gasteiger partial charge in [-0.05, 0) is 36.2 Å². The molecule has 3 aromatic carbocycles. The van der Waals surface area contributed by atoms with E-state index >= 15 is 0 Å². The van der Waals surface area contributed by atoms with Gasteiger partial charge in [0.15, 0.2) is 0 Å². The summed E-state index contributed by atoms with van der Waals surface area (Å²) in [6.07, 6.45) is 0.679. The predicted octanol–water partition coefficient (Wildman–Crippen LogP) is 5.98. The molecule has 2 atom stereocenters. The van der Waals surface area contributed by atoms with Gasteiger partial charge < -0.3 is 9.88 Å². The molecule has 1 aliphatic rings. The minimum absolute atomic E-state index is 0.0242. The van der Waals surface area contributed by atoms with Crippen molar-refractivity contribution in [1.82, 2.24) is 9.55 Å². The van der Waals surface area contributed by atoms with Gasteiger partial charge in [-0.3, -0.25) is 0 Å². The maximum absolute atomic E-state index is 14.8. The SMILES string of the molecule is Fc1cccc(Cl)c1[C@@H]1C[C@@H](c2ccccc2)Nc2nc3ccccc3n21. The van der Waals surface area contributed by atoms with E-state index in [1.54, 1.807) is 12.1 Å². The summed E-state index contributed by atoms with van der Waals surface area (Å²) in [6.45, 7) is 0. The topological polar surface area (TPSA) is 29.9 Å². The van der Waals surface area contributed by atoms with Crippen molar-refractivity contribution in [2.45, 2.75) is 18.5 Å². The van der Waals surface area contributed by atoms with Crippen molar-refractivity contribution >= 4 is 28.6 Å².